The zero-order valence-corrected chi connectivity index (χ0v) is 14.9. The second-order valence-electron chi connectivity index (χ2n) is 8.34. The van der Waals surface area contributed by atoms with Crippen LogP contribution in [0.2, 0.25) is 0 Å². The average Bonchev–Trinajstić information content (AvgIpc) is 2.89. The highest BCUT2D eigenvalue weighted by molar-refractivity contribution is 5.91. The molecule has 1 aliphatic heterocycles. The number of hydrogen-bond acceptors (Lipinski definition) is 3. The average molecular weight is 332 g/mol. The van der Waals surface area contributed by atoms with E-state index in [-0.39, 0.29) is 22.7 Å². The van der Waals surface area contributed by atoms with Gasteiger partial charge in [0.1, 0.15) is 0 Å². The highest BCUT2D eigenvalue weighted by Gasteiger charge is 2.56. The fourth-order valence-electron chi connectivity index (χ4n) is 5.48. The molecule has 3 aliphatic rings. The van der Waals surface area contributed by atoms with E-state index in [0.717, 1.165) is 31.3 Å². The van der Waals surface area contributed by atoms with Crippen molar-refractivity contribution >= 4 is 11.9 Å². The van der Waals surface area contributed by atoms with Crippen molar-refractivity contribution in [2.45, 2.75) is 59.3 Å². The van der Waals surface area contributed by atoms with E-state index >= 15 is 0 Å². The number of esters is 1. The molecule has 3 rings (SSSR count). The van der Waals surface area contributed by atoms with Gasteiger partial charge < -0.3 is 9.84 Å². The van der Waals surface area contributed by atoms with Crippen molar-refractivity contribution in [2.24, 2.45) is 22.7 Å². The third kappa shape index (κ3) is 2.70. The summed E-state index contributed by atoms with van der Waals surface area (Å²) >= 11 is 0. The molecule has 0 aromatic rings. The molecule has 2 fully saturated rings. The van der Waals surface area contributed by atoms with E-state index in [4.69, 9.17) is 9.84 Å². The van der Waals surface area contributed by atoms with Crippen molar-refractivity contribution in [3.8, 4) is 0 Å². The van der Waals surface area contributed by atoms with Gasteiger partial charge in [0.2, 0.25) is 0 Å². The summed E-state index contributed by atoms with van der Waals surface area (Å²) in [6, 6.07) is 0. The fraction of sp³-hybridized carbons (Fsp3) is 0.700. The maximum Gasteiger partial charge on any atom is 0.334 e. The van der Waals surface area contributed by atoms with Gasteiger partial charge in [0.05, 0.1) is 6.61 Å². The Kier molecular flexibility index (Phi) is 4.35. The maximum atomic E-state index is 11.9. The Hall–Kier alpha value is -1.58. The maximum absolute atomic E-state index is 11.9. The standard InChI is InChI=1S/C20H28O4/c1-13(17(21)22)6-4-9-19(2)10-5-11-20(3)15-12-24-18(23)14(15)7-8-16(19)20/h6-7,15-16H,4-5,8-12H2,1-3H3,(H,21,22)/b13-6+/t15-,16-,19+,20+/m0/s1. The number of ether oxygens (including phenoxy) is 1. The number of carboxylic acids is 1. The van der Waals surface area contributed by atoms with Crippen molar-refractivity contribution in [3.05, 3.63) is 23.3 Å². The molecule has 1 saturated heterocycles. The van der Waals surface area contributed by atoms with Crippen LogP contribution < -0.4 is 0 Å². The zero-order valence-electron chi connectivity index (χ0n) is 14.9. The first kappa shape index (κ1) is 17.2. The lowest BCUT2D eigenvalue weighted by Crippen LogP contribution is -2.49. The monoisotopic (exact) mass is 332 g/mol. The molecule has 4 heteroatoms. The molecule has 0 spiro atoms. The summed E-state index contributed by atoms with van der Waals surface area (Å²) in [6.45, 7) is 6.89. The first-order valence-corrected chi connectivity index (χ1v) is 9.05. The third-order valence-corrected chi connectivity index (χ3v) is 6.97. The lowest BCUT2D eigenvalue weighted by molar-refractivity contribution is -0.135. The van der Waals surface area contributed by atoms with Crippen molar-refractivity contribution in [2.75, 3.05) is 6.61 Å². The topological polar surface area (TPSA) is 63.6 Å². The number of carboxylic acid groups (broad SMARTS) is 1. The van der Waals surface area contributed by atoms with Crippen molar-refractivity contribution in [3.63, 3.8) is 0 Å². The van der Waals surface area contributed by atoms with E-state index in [1.165, 1.54) is 12.8 Å². The van der Waals surface area contributed by atoms with Gasteiger partial charge in [-0.1, -0.05) is 32.4 Å². The molecule has 1 heterocycles. The third-order valence-electron chi connectivity index (χ3n) is 6.97. The summed E-state index contributed by atoms with van der Waals surface area (Å²) in [5.41, 5.74) is 1.64. The highest BCUT2D eigenvalue weighted by atomic mass is 16.5. The van der Waals surface area contributed by atoms with Gasteiger partial charge in [-0.05, 0) is 55.8 Å². The molecule has 24 heavy (non-hydrogen) atoms. The minimum atomic E-state index is -0.833. The molecule has 2 aliphatic carbocycles. The Balaban J connectivity index is 1.81. The van der Waals surface area contributed by atoms with E-state index in [0.29, 0.717) is 18.1 Å². The Bertz CT molecular complexity index is 617. The Morgan fingerprint density at radius 1 is 1.42 bits per heavy atom. The van der Waals surface area contributed by atoms with E-state index < -0.39 is 5.97 Å². The molecule has 0 aromatic heterocycles. The Labute approximate surface area is 144 Å². The molecule has 0 unspecified atom stereocenters. The summed E-state index contributed by atoms with van der Waals surface area (Å²) in [6.07, 6.45) is 10.2. The molecule has 0 amide bonds. The number of fused-ring (bicyclic) bond motifs is 3. The van der Waals surface area contributed by atoms with Crippen molar-refractivity contribution in [1.29, 1.82) is 0 Å². The lowest BCUT2D eigenvalue weighted by atomic mass is 9.47. The van der Waals surface area contributed by atoms with Crippen LogP contribution in [0.1, 0.15) is 59.3 Å². The molecule has 0 aromatic carbocycles. The minimum absolute atomic E-state index is 0.119. The lowest BCUT2D eigenvalue weighted by Gasteiger charge is -2.56. The smallest absolute Gasteiger partial charge is 0.334 e. The summed E-state index contributed by atoms with van der Waals surface area (Å²) in [5.74, 6) is -0.187. The second-order valence-corrected chi connectivity index (χ2v) is 8.34. The molecule has 4 atom stereocenters. The van der Waals surface area contributed by atoms with Crippen LogP contribution in [-0.4, -0.2) is 23.7 Å². The molecular weight excluding hydrogens is 304 g/mol. The van der Waals surface area contributed by atoms with Crippen molar-refractivity contribution < 1.29 is 19.4 Å². The van der Waals surface area contributed by atoms with Crippen LogP contribution in [0.4, 0.5) is 0 Å². The Morgan fingerprint density at radius 3 is 2.88 bits per heavy atom. The highest BCUT2D eigenvalue weighted by Crippen LogP contribution is 2.62. The number of carbonyl (C=O) groups is 2. The van der Waals surface area contributed by atoms with Crippen LogP contribution >= 0.6 is 0 Å². The van der Waals surface area contributed by atoms with E-state index in [1.54, 1.807) is 6.92 Å². The summed E-state index contributed by atoms with van der Waals surface area (Å²) in [7, 11) is 0. The van der Waals surface area contributed by atoms with Crippen LogP contribution in [0.15, 0.2) is 23.3 Å². The van der Waals surface area contributed by atoms with Crippen LogP contribution in [-0.2, 0) is 14.3 Å². The SMILES string of the molecule is C/C(=C\CC[C@]1(C)CCC[C@]2(C)[C@H]3COC(=O)C3=CC[C@@H]12)C(=O)O. The number of carbonyl (C=O) groups excluding carboxylic acids is 1. The zero-order chi connectivity index (χ0) is 17.5. The largest absolute Gasteiger partial charge is 0.478 e. The molecule has 4 nitrogen and oxygen atoms in total. The van der Waals surface area contributed by atoms with Gasteiger partial charge in [-0.15, -0.1) is 0 Å². The number of hydrogen-bond donors (Lipinski definition) is 1. The number of rotatable bonds is 4. The van der Waals surface area contributed by atoms with Gasteiger partial charge >= 0.3 is 11.9 Å². The molecule has 0 radical (unpaired) electrons. The van der Waals surface area contributed by atoms with Crippen LogP contribution in [0.25, 0.3) is 0 Å². The van der Waals surface area contributed by atoms with Gasteiger partial charge in [0.15, 0.2) is 0 Å². The quantitative estimate of drug-likeness (QED) is 0.621. The van der Waals surface area contributed by atoms with Gasteiger partial charge in [-0.3, -0.25) is 0 Å². The second kappa shape index (κ2) is 6.05. The van der Waals surface area contributed by atoms with Gasteiger partial charge in [0.25, 0.3) is 0 Å². The number of aliphatic carboxylic acids is 1. The van der Waals surface area contributed by atoms with E-state index in [9.17, 15) is 9.59 Å². The normalized spacial score (nSPS) is 38.9. The first-order chi connectivity index (χ1) is 11.3. The number of cyclic esters (lactones) is 1. The van der Waals surface area contributed by atoms with Crippen LogP contribution in [0.3, 0.4) is 0 Å². The van der Waals surface area contributed by atoms with Crippen molar-refractivity contribution in [1.82, 2.24) is 0 Å². The van der Waals surface area contributed by atoms with Gasteiger partial charge in [-0.2, -0.15) is 0 Å². The van der Waals surface area contributed by atoms with Crippen LogP contribution in [0, 0.1) is 22.7 Å². The molecule has 1 N–H and O–H groups in total. The van der Waals surface area contributed by atoms with E-state index in [2.05, 4.69) is 19.9 Å². The van der Waals surface area contributed by atoms with Gasteiger partial charge in [0, 0.05) is 17.1 Å². The predicted octanol–water partition coefficient (Wildman–Crippen LogP) is 4.11. The predicted molar refractivity (Wildman–Crippen MR) is 91.3 cm³/mol. The molecule has 132 valence electrons. The molecule has 0 bridgehead atoms. The van der Waals surface area contributed by atoms with Crippen LogP contribution in [0.5, 0.6) is 0 Å². The Morgan fingerprint density at radius 2 is 2.17 bits per heavy atom. The summed E-state index contributed by atoms with van der Waals surface area (Å²) < 4.78 is 5.34. The fourth-order valence-corrected chi connectivity index (χ4v) is 5.48. The molecule has 1 saturated carbocycles. The first-order valence-electron chi connectivity index (χ1n) is 9.05. The number of allylic oxidation sites excluding steroid dienone is 2. The molecular formula is C20H28O4. The van der Waals surface area contributed by atoms with Gasteiger partial charge in [-0.25, -0.2) is 9.59 Å². The summed E-state index contributed by atoms with van der Waals surface area (Å²) in [4.78, 5) is 22.9. The van der Waals surface area contributed by atoms with E-state index in [1.807, 2.05) is 6.08 Å². The minimum Gasteiger partial charge on any atom is -0.478 e. The summed E-state index contributed by atoms with van der Waals surface area (Å²) in [5, 5.41) is 9.02.